The van der Waals surface area contributed by atoms with Gasteiger partial charge in [0.1, 0.15) is 6.10 Å². The van der Waals surface area contributed by atoms with Crippen LogP contribution in [0.25, 0.3) is 16.9 Å². The van der Waals surface area contributed by atoms with E-state index in [0.717, 1.165) is 11.6 Å². The summed E-state index contributed by atoms with van der Waals surface area (Å²) < 4.78 is 35.2. The first-order chi connectivity index (χ1) is 20.4. The lowest BCUT2D eigenvalue weighted by atomic mass is 10.0. The van der Waals surface area contributed by atoms with Crippen LogP contribution < -0.4 is 4.74 Å². The smallest absolute Gasteiger partial charge is 0.274 e. The number of para-hydroxylation sites is 1. The molecule has 1 fully saturated rings. The van der Waals surface area contributed by atoms with Crippen molar-refractivity contribution >= 4 is 29.1 Å². The van der Waals surface area contributed by atoms with Gasteiger partial charge in [-0.3, -0.25) is 4.79 Å². The van der Waals surface area contributed by atoms with E-state index in [2.05, 4.69) is 20.6 Å². The second kappa shape index (κ2) is 11.9. The van der Waals surface area contributed by atoms with Gasteiger partial charge in [-0.15, -0.1) is 10.2 Å². The summed E-state index contributed by atoms with van der Waals surface area (Å²) in [4.78, 5) is 15.7. The standard InChI is InChI=1S/C29H23Cl2F2N7O2/c30-18-10-8-17(9-11-18)28-20(16-25-34-37-38-35-25)27(36-40(28)23-6-2-1-4-21(23)31)29(41)39-14-12-19(13-15-39)42-24-7-3-5-22(32)26(24)33/h1-11,19H,12-16H2,(H,34,35,37,38). The van der Waals surface area contributed by atoms with Crippen LogP contribution >= 0.6 is 23.2 Å². The normalized spacial score (nSPS) is 13.9. The third-order valence-electron chi connectivity index (χ3n) is 7.05. The fourth-order valence-electron chi connectivity index (χ4n) is 4.99. The van der Waals surface area contributed by atoms with E-state index in [9.17, 15) is 13.6 Å². The number of halogens is 4. The quantitative estimate of drug-likeness (QED) is 0.246. The number of ether oxygens (including phenoxy) is 1. The Balaban J connectivity index is 1.36. The first kappa shape index (κ1) is 27.8. The second-order valence-electron chi connectivity index (χ2n) is 9.71. The number of hydrogen-bond acceptors (Lipinski definition) is 6. The number of piperidine rings is 1. The largest absolute Gasteiger partial charge is 0.487 e. The molecule has 0 aliphatic carbocycles. The predicted octanol–water partition coefficient (Wildman–Crippen LogP) is 5.91. The Morgan fingerprint density at radius 1 is 1.00 bits per heavy atom. The average Bonchev–Trinajstić information content (AvgIpc) is 3.65. The molecule has 0 atom stereocenters. The van der Waals surface area contributed by atoms with Crippen LogP contribution in [0.4, 0.5) is 8.78 Å². The number of carbonyl (C=O) groups excluding carboxylic acids is 1. The van der Waals surface area contributed by atoms with Gasteiger partial charge in [0.05, 0.1) is 16.4 Å². The Morgan fingerprint density at radius 2 is 1.76 bits per heavy atom. The van der Waals surface area contributed by atoms with Crippen LogP contribution in [0, 0.1) is 11.6 Å². The number of rotatable bonds is 7. The average molecular weight is 610 g/mol. The molecule has 9 nitrogen and oxygen atoms in total. The zero-order valence-corrected chi connectivity index (χ0v) is 23.5. The number of hydrogen-bond donors (Lipinski definition) is 1. The summed E-state index contributed by atoms with van der Waals surface area (Å²) in [5, 5.41) is 20.1. The van der Waals surface area contributed by atoms with Gasteiger partial charge in [0, 0.05) is 48.5 Å². The van der Waals surface area contributed by atoms with Crippen LogP contribution in [0.2, 0.25) is 10.0 Å². The van der Waals surface area contributed by atoms with Crippen molar-refractivity contribution in [2.24, 2.45) is 0 Å². The Labute approximate surface area is 249 Å². The first-order valence-electron chi connectivity index (χ1n) is 13.1. The second-order valence-corrected chi connectivity index (χ2v) is 10.6. The highest BCUT2D eigenvalue weighted by Crippen LogP contribution is 2.34. The lowest BCUT2D eigenvalue weighted by molar-refractivity contribution is 0.0580. The Bertz CT molecular complexity index is 1720. The van der Waals surface area contributed by atoms with Crippen molar-refractivity contribution in [1.82, 2.24) is 35.3 Å². The lowest BCUT2D eigenvalue weighted by Gasteiger charge is -2.32. The highest BCUT2D eigenvalue weighted by molar-refractivity contribution is 6.32. The van der Waals surface area contributed by atoms with Gasteiger partial charge in [-0.05, 0) is 36.4 Å². The zero-order chi connectivity index (χ0) is 29.2. The van der Waals surface area contributed by atoms with E-state index in [1.807, 2.05) is 30.3 Å². The Kier molecular flexibility index (Phi) is 7.86. The van der Waals surface area contributed by atoms with E-state index in [1.54, 1.807) is 27.8 Å². The van der Waals surface area contributed by atoms with E-state index >= 15 is 0 Å². The minimum absolute atomic E-state index is 0.145. The van der Waals surface area contributed by atoms with Crippen molar-refractivity contribution in [1.29, 1.82) is 0 Å². The van der Waals surface area contributed by atoms with Gasteiger partial charge in [-0.2, -0.15) is 14.7 Å². The molecule has 214 valence electrons. The summed E-state index contributed by atoms with van der Waals surface area (Å²) >= 11 is 12.8. The molecule has 13 heteroatoms. The number of carbonyl (C=O) groups is 1. The molecule has 0 radical (unpaired) electrons. The van der Waals surface area contributed by atoms with Crippen molar-refractivity contribution in [3.8, 4) is 22.7 Å². The number of aromatic amines is 1. The summed E-state index contributed by atoms with van der Waals surface area (Å²) in [6.07, 6.45) is 0.640. The van der Waals surface area contributed by atoms with E-state index in [1.165, 1.54) is 12.1 Å². The van der Waals surface area contributed by atoms with E-state index in [0.29, 0.717) is 58.7 Å². The summed E-state index contributed by atoms with van der Waals surface area (Å²) in [6, 6.07) is 18.2. The number of nitrogens with one attached hydrogen (secondary N) is 1. The number of amides is 1. The predicted molar refractivity (Wildman–Crippen MR) is 152 cm³/mol. The number of likely N-dealkylation sites (tertiary alicyclic amines) is 1. The maximum absolute atomic E-state index is 14.1. The molecular formula is C29H23Cl2F2N7O2. The molecule has 42 heavy (non-hydrogen) atoms. The molecule has 0 saturated carbocycles. The molecule has 0 spiro atoms. The summed E-state index contributed by atoms with van der Waals surface area (Å²) in [7, 11) is 0. The fraction of sp³-hybridized carbons (Fsp3) is 0.207. The van der Waals surface area contributed by atoms with Crippen molar-refractivity contribution in [3.63, 3.8) is 0 Å². The monoisotopic (exact) mass is 609 g/mol. The van der Waals surface area contributed by atoms with Gasteiger partial charge in [-0.25, -0.2) is 9.07 Å². The van der Waals surface area contributed by atoms with Gasteiger partial charge in [0.25, 0.3) is 5.91 Å². The third kappa shape index (κ3) is 5.57. The van der Waals surface area contributed by atoms with Gasteiger partial charge < -0.3 is 9.64 Å². The third-order valence-corrected chi connectivity index (χ3v) is 7.62. The van der Waals surface area contributed by atoms with Gasteiger partial charge >= 0.3 is 0 Å². The topological polar surface area (TPSA) is 102 Å². The minimum atomic E-state index is -1.03. The highest BCUT2D eigenvalue weighted by Gasteiger charge is 2.32. The molecule has 6 rings (SSSR count). The first-order valence-corrected chi connectivity index (χ1v) is 13.9. The van der Waals surface area contributed by atoms with E-state index in [4.69, 9.17) is 33.0 Å². The minimum Gasteiger partial charge on any atom is -0.487 e. The molecule has 1 amide bonds. The van der Waals surface area contributed by atoms with Crippen LogP contribution in [0.3, 0.4) is 0 Å². The van der Waals surface area contributed by atoms with Crippen LogP contribution in [0.1, 0.15) is 34.7 Å². The molecule has 5 aromatic rings. The van der Waals surface area contributed by atoms with Crippen LogP contribution in [0.5, 0.6) is 5.75 Å². The maximum Gasteiger partial charge on any atom is 0.274 e. The molecule has 0 unspecified atom stereocenters. The number of H-pyrrole nitrogens is 1. The molecule has 2 aromatic heterocycles. The molecule has 1 aliphatic rings. The van der Waals surface area contributed by atoms with Gasteiger partial charge in [0.2, 0.25) is 5.82 Å². The fourth-order valence-corrected chi connectivity index (χ4v) is 5.33. The van der Waals surface area contributed by atoms with Crippen molar-refractivity contribution < 1.29 is 18.3 Å². The number of tetrazole rings is 1. The van der Waals surface area contributed by atoms with E-state index in [-0.39, 0.29) is 29.9 Å². The molecule has 0 bridgehead atoms. The molecule has 1 aliphatic heterocycles. The zero-order valence-electron chi connectivity index (χ0n) is 22.0. The summed E-state index contributed by atoms with van der Waals surface area (Å²) in [5.74, 6) is -2.07. The maximum atomic E-state index is 14.1. The van der Waals surface area contributed by atoms with Crippen molar-refractivity contribution in [3.05, 3.63) is 105 Å². The highest BCUT2D eigenvalue weighted by atomic mass is 35.5. The lowest BCUT2D eigenvalue weighted by Crippen LogP contribution is -2.42. The number of benzene rings is 3. The van der Waals surface area contributed by atoms with Gasteiger partial charge in [0.15, 0.2) is 23.1 Å². The van der Waals surface area contributed by atoms with E-state index < -0.39 is 11.6 Å². The number of nitrogens with zero attached hydrogens (tertiary/aromatic N) is 6. The molecule has 1 saturated heterocycles. The van der Waals surface area contributed by atoms with Crippen molar-refractivity contribution in [2.45, 2.75) is 25.4 Å². The van der Waals surface area contributed by atoms with Crippen molar-refractivity contribution in [2.75, 3.05) is 13.1 Å². The molecular weight excluding hydrogens is 587 g/mol. The molecule has 1 N–H and O–H groups in total. The van der Waals surface area contributed by atoms with Crippen LogP contribution in [-0.2, 0) is 6.42 Å². The Morgan fingerprint density at radius 3 is 2.48 bits per heavy atom. The van der Waals surface area contributed by atoms with Gasteiger partial charge in [-0.1, -0.05) is 58.7 Å². The SMILES string of the molecule is O=C(c1nn(-c2ccccc2Cl)c(-c2ccc(Cl)cc2)c1Cc1nn[nH]n1)N1CCC(Oc2cccc(F)c2F)CC1. The Hall–Kier alpha value is -4.35. The van der Waals surface area contributed by atoms with Crippen LogP contribution in [0.15, 0.2) is 66.7 Å². The summed E-state index contributed by atoms with van der Waals surface area (Å²) in [6.45, 7) is 0.661. The number of aromatic nitrogens is 6. The van der Waals surface area contributed by atoms with Crippen LogP contribution in [-0.4, -0.2) is 60.4 Å². The summed E-state index contributed by atoms with van der Waals surface area (Å²) in [5.41, 5.74) is 2.77. The molecule has 3 heterocycles. The molecule has 3 aromatic carbocycles.